The Bertz CT molecular complexity index is 841. The molecule has 1 heterocycles. The van der Waals surface area contributed by atoms with E-state index >= 15 is 0 Å². The molecule has 0 amide bonds. The molecule has 0 radical (unpaired) electrons. The van der Waals surface area contributed by atoms with Gasteiger partial charge < -0.3 is 15.2 Å². The highest BCUT2D eigenvalue weighted by Crippen LogP contribution is 2.16. The van der Waals surface area contributed by atoms with Crippen molar-refractivity contribution in [3.63, 3.8) is 0 Å². The molecule has 0 saturated heterocycles. The fourth-order valence-corrected chi connectivity index (χ4v) is 3.38. The summed E-state index contributed by atoms with van der Waals surface area (Å²) in [7, 11) is 3.83. The Balaban J connectivity index is 1.48. The summed E-state index contributed by atoms with van der Waals surface area (Å²) in [6.45, 7) is 1.48. The topological polar surface area (TPSA) is 54.2 Å². The molecule has 0 aliphatic rings. The molecule has 0 bridgehead atoms. The molecule has 0 unspecified atom stereocenters. The van der Waals surface area contributed by atoms with Gasteiger partial charge in [-0.3, -0.25) is 4.99 Å². The number of benzene rings is 2. The zero-order valence-corrected chi connectivity index (χ0v) is 15.4. The molecule has 25 heavy (non-hydrogen) atoms. The van der Waals surface area contributed by atoms with Crippen LogP contribution < -0.4 is 10.6 Å². The standard InChI is InChI=1S/C19H23N5S/c1-20-19(21-12-13-25-15-8-4-3-5-9-15)22-14-18-23-16-10-6-7-11-17(16)24(18)2/h3-11H,12-14H2,1-2H3,(H2,20,21,22). The summed E-state index contributed by atoms with van der Waals surface area (Å²) in [4.78, 5) is 10.2. The van der Waals surface area contributed by atoms with Crippen LogP contribution in [0.15, 0.2) is 64.5 Å². The minimum absolute atomic E-state index is 0.636. The third-order valence-corrected chi connectivity index (χ3v) is 4.94. The summed E-state index contributed by atoms with van der Waals surface area (Å²) in [5.74, 6) is 2.76. The summed E-state index contributed by atoms with van der Waals surface area (Å²) >= 11 is 1.83. The van der Waals surface area contributed by atoms with E-state index in [4.69, 9.17) is 0 Å². The van der Waals surface area contributed by atoms with E-state index in [-0.39, 0.29) is 0 Å². The number of para-hydroxylation sites is 2. The van der Waals surface area contributed by atoms with Gasteiger partial charge in [0.1, 0.15) is 5.82 Å². The van der Waals surface area contributed by atoms with Crippen LogP contribution in [0.1, 0.15) is 5.82 Å². The van der Waals surface area contributed by atoms with Crippen molar-refractivity contribution in [1.29, 1.82) is 0 Å². The molecule has 0 fully saturated rings. The van der Waals surface area contributed by atoms with E-state index in [1.165, 1.54) is 4.90 Å². The third-order valence-electron chi connectivity index (χ3n) is 3.92. The molecular formula is C19H23N5S. The minimum Gasteiger partial charge on any atom is -0.356 e. The predicted molar refractivity (Wildman–Crippen MR) is 106 cm³/mol. The number of fused-ring (bicyclic) bond motifs is 1. The van der Waals surface area contributed by atoms with Crippen LogP contribution in [0.5, 0.6) is 0 Å². The molecule has 0 saturated carbocycles. The Morgan fingerprint density at radius 2 is 1.84 bits per heavy atom. The molecule has 0 spiro atoms. The molecule has 2 N–H and O–H groups in total. The second-order valence-corrected chi connectivity index (χ2v) is 6.76. The molecule has 1 aromatic heterocycles. The first-order valence-electron chi connectivity index (χ1n) is 8.30. The van der Waals surface area contributed by atoms with Crippen LogP contribution in [-0.2, 0) is 13.6 Å². The van der Waals surface area contributed by atoms with E-state index in [1.54, 1.807) is 7.05 Å². The van der Waals surface area contributed by atoms with Crippen LogP contribution in [0, 0.1) is 0 Å². The second-order valence-electron chi connectivity index (χ2n) is 5.59. The van der Waals surface area contributed by atoms with E-state index in [9.17, 15) is 0 Å². The molecule has 0 aliphatic carbocycles. The van der Waals surface area contributed by atoms with Gasteiger partial charge in [-0.05, 0) is 24.3 Å². The summed E-state index contributed by atoms with van der Waals surface area (Å²) in [6.07, 6.45) is 0. The maximum absolute atomic E-state index is 4.67. The lowest BCUT2D eigenvalue weighted by Gasteiger charge is -2.11. The highest BCUT2D eigenvalue weighted by atomic mass is 32.2. The van der Waals surface area contributed by atoms with Gasteiger partial charge >= 0.3 is 0 Å². The van der Waals surface area contributed by atoms with Crippen molar-refractivity contribution < 1.29 is 0 Å². The first-order chi connectivity index (χ1) is 12.3. The summed E-state index contributed by atoms with van der Waals surface area (Å²) in [6, 6.07) is 18.6. The number of guanidine groups is 1. The Morgan fingerprint density at radius 3 is 2.60 bits per heavy atom. The number of rotatable bonds is 6. The molecule has 3 rings (SSSR count). The van der Waals surface area contributed by atoms with E-state index in [1.807, 2.05) is 43.1 Å². The van der Waals surface area contributed by atoms with Crippen LogP contribution in [0.25, 0.3) is 11.0 Å². The fourth-order valence-electron chi connectivity index (χ4n) is 2.59. The van der Waals surface area contributed by atoms with Crippen LogP contribution in [-0.4, -0.2) is 34.9 Å². The van der Waals surface area contributed by atoms with Crippen molar-refractivity contribution in [3.05, 3.63) is 60.4 Å². The van der Waals surface area contributed by atoms with E-state index in [0.717, 1.165) is 35.1 Å². The van der Waals surface area contributed by atoms with Gasteiger partial charge in [-0.2, -0.15) is 0 Å². The van der Waals surface area contributed by atoms with Crippen LogP contribution >= 0.6 is 11.8 Å². The number of thioether (sulfide) groups is 1. The van der Waals surface area contributed by atoms with Gasteiger partial charge in [0.15, 0.2) is 5.96 Å². The maximum atomic E-state index is 4.67. The Kier molecular flexibility index (Phi) is 5.95. The van der Waals surface area contributed by atoms with Crippen molar-refractivity contribution >= 4 is 28.8 Å². The van der Waals surface area contributed by atoms with E-state index in [0.29, 0.717) is 6.54 Å². The van der Waals surface area contributed by atoms with Gasteiger partial charge in [-0.25, -0.2) is 4.98 Å². The first-order valence-corrected chi connectivity index (χ1v) is 9.29. The number of nitrogens with one attached hydrogen (secondary N) is 2. The first kappa shape index (κ1) is 17.4. The number of aromatic nitrogens is 2. The lowest BCUT2D eigenvalue weighted by atomic mass is 10.3. The minimum atomic E-state index is 0.636. The number of hydrogen-bond donors (Lipinski definition) is 2. The van der Waals surface area contributed by atoms with Crippen molar-refractivity contribution in [3.8, 4) is 0 Å². The van der Waals surface area contributed by atoms with Gasteiger partial charge in [-0.1, -0.05) is 30.3 Å². The third kappa shape index (κ3) is 4.54. The average Bonchev–Trinajstić information content (AvgIpc) is 2.98. The molecule has 5 nitrogen and oxygen atoms in total. The molecular weight excluding hydrogens is 330 g/mol. The maximum Gasteiger partial charge on any atom is 0.191 e. The SMILES string of the molecule is CN=C(NCCSc1ccccc1)NCc1nc2ccccc2n1C. The summed E-state index contributed by atoms with van der Waals surface area (Å²) in [5, 5.41) is 6.68. The predicted octanol–water partition coefficient (Wildman–Crippen LogP) is 3.03. The van der Waals surface area contributed by atoms with Gasteiger partial charge in [0, 0.05) is 31.3 Å². The van der Waals surface area contributed by atoms with Crippen LogP contribution in [0.3, 0.4) is 0 Å². The quantitative estimate of drug-likeness (QED) is 0.310. The largest absolute Gasteiger partial charge is 0.356 e. The molecule has 2 aromatic carbocycles. The van der Waals surface area contributed by atoms with Crippen molar-refractivity contribution in [2.24, 2.45) is 12.0 Å². The number of aliphatic imine (C=N–C) groups is 1. The van der Waals surface area contributed by atoms with Gasteiger partial charge in [0.2, 0.25) is 0 Å². The van der Waals surface area contributed by atoms with Crippen molar-refractivity contribution in [2.45, 2.75) is 11.4 Å². The van der Waals surface area contributed by atoms with Gasteiger partial charge in [-0.15, -0.1) is 11.8 Å². The van der Waals surface area contributed by atoms with Gasteiger partial charge in [0.05, 0.1) is 17.6 Å². The monoisotopic (exact) mass is 353 g/mol. The zero-order chi connectivity index (χ0) is 17.5. The Labute approximate surface area is 152 Å². The average molecular weight is 353 g/mol. The van der Waals surface area contributed by atoms with Gasteiger partial charge in [0.25, 0.3) is 0 Å². The van der Waals surface area contributed by atoms with Crippen LogP contribution in [0.2, 0.25) is 0 Å². The molecule has 6 heteroatoms. The van der Waals surface area contributed by atoms with E-state index in [2.05, 4.69) is 55.5 Å². The summed E-state index contributed by atoms with van der Waals surface area (Å²) < 4.78 is 2.11. The van der Waals surface area contributed by atoms with E-state index < -0.39 is 0 Å². The smallest absolute Gasteiger partial charge is 0.191 e. The number of aryl methyl sites for hydroxylation is 1. The molecule has 0 atom stereocenters. The molecule has 130 valence electrons. The zero-order valence-electron chi connectivity index (χ0n) is 14.6. The lowest BCUT2D eigenvalue weighted by molar-refractivity contribution is 0.743. The van der Waals surface area contributed by atoms with Crippen molar-refractivity contribution in [1.82, 2.24) is 20.2 Å². The Hall–Kier alpha value is -2.47. The van der Waals surface area contributed by atoms with Crippen molar-refractivity contribution in [2.75, 3.05) is 19.3 Å². The van der Waals surface area contributed by atoms with Crippen LogP contribution in [0.4, 0.5) is 0 Å². The highest BCUT2D eigenvalue weighted by molar-refractivity contribution is 7.99. The highest BCUT2D eigenvalue weighted by Gasteiger charge is 2.07. The fraction of sp³-hybridized carbons (Fsp3) is 0.263. The second kappa shape index (κ2) is 8.58. The Morgan fingerprint density at radius 1 is 1.08 bits per heavy atom. The number of hydrogen-bond acceptors (Lipinski definition) is 3. The normalized spacial score (nSPS) is 11.7. The number of nitrogens with zero attached hydrogens (tertiary/aromatic N) is 3. The number of imidazole rings is 1. The summed E-state index contributed by atoms with van der Waals surface area (Å²) in [5.41, 5.74) is 2.16. The lowest BCUT2D eigenvalue weighted by Crippen LogP contribution is -2.38. The molecule has 3 aromatic rings. The molecule has 0 aliphatic heterocycles.